The van der Waals surface area contributed by atoms with Crippen molar-refractivity contribution in [3.63, 3.8) is 0 Å². The van der Waals surface area contributed by atoms with Crippen LogP contribution in [0.25, 0.3) is 0 Å². The lowest BCUT2D eigenvalue weighted by atomic mass is 10.1. The first-order valence-corrected chi connectivity index (χ1v) is 5.93. The van der Waals surface area contributed by atoms with Gasteiger partial charge in [0.2, 0.25) is 0 Å². The van der Waals surface area contributed by atoms with Crippen LogP contribution in [-0.4, -0.2) is 15.7 Å². The third kappa shape index (κ3) is 2.55. The van der Waals surface area contributed by atoms with Crippen LogP contribution in [0, 0.1) is 6.92 Å². The van der Waals surface area contributed by atoms with Gasteiger partial charge in [-0.2, -0.15) is 5.10 Å². The maximum atomic E-state index is 12.0. The second kappa shape index (κ2) is 4.71. The number of aryl methyl sites for hydroxylation is 2. The zero-order chi connectivity index (χ0) is 12.4. The third-order valence-corrected chi connectivity index (χ3v) is 3.35. The molecule has 2 aromatic rings. The molecule has 17 heavy (non-hydrogen) atoms. The Labute approximate surface area is 108 Å². The van der Waals surface area contributed by atoms with Gasteiger partial charge in [0.1, 0.15) is 5.82 Å². The maximum absolute atomic E-state index is 12.0. The van der Waals surface area contributed by atoms with Crippen LogP contribution in [0.3, 0.4) is 0 Å². The standard InChI is InChI=1S/C12H12BrN3O/c1-8-3-4-9(7-10(8)13)12(17)15-11-5-6-14-16(11)2/h3-7H,1-2H3,(H,15,17). The van der Waals surface area contributed by atoms with Gasteiger partial charge in [0.05, 0.1) is 6.20 Å². The van der Waals surface area contributed by atoms with Gasteiger partial charge in [0.15, 0.2) is 0 Å². The fourth-order valence-corrected chi connectivity index (χ4v) is 1.80. The van der Waals surface area contributed by atoms with Gasteiger partial charge in [-0.25, -0.2) is 0 Å². The van der Waals surface area contributed by atoms with Crippen LogP contribution in [0.4, 0.5) is 5.82 Å². The predicted molar refractivity (Wildman–Crippen MR) is 70.0 cm³/mol. The van der Waals surface area contributed by atoms with Crippen LogP contribution >= 0.6 is 15.9 Å². The molecule has 0 atom stereocenters. The lowest BCUT2D eigenvalue weighted by Gasteiger charge is -2.06. The molecule has 1 heterocycles. The third-order valence-electron chi connectivity index (χ3n) is 2.50. The molecule has 0 unspecified atom stereocenters. The summed E-state index contributed by atoms with van der Waals surface area (Å²) in [5, 5.41) is 6.78. The Morgan fingerprint density at radius 3 is 2.76 bits per heavy atom. The van der Waals surface area contributed by atoms with Crippen molar-refractivity contribution in [2.45, 2.75) is 6.92 Å². The number of benzene rings is 1. The molecule has 0 spiro atoms. The van der Waals surface area contributed by atoms with E-state index in [1.54, 1.807) is 36.1 Å². The SMILES string of the molecule is Cc1ccc(C(=O)Nc2ccnn2C)cc1Br. The number of carbonyl (C=O) groups is 1. The number of halogens is 1. The highest BCUT2D eigenvalue weighted by Gasteiger charge is 2.09. The van der Waals surface area contributed by atoms with Gasteiger partial charge in [-0.15, -0.1) is 0 Å². The molecule has 0 saturated heterocycles. The Morgan fingerprint density at radius 2 is 2.18 bits per heavy atom. The fraction of sp³-hybridized carbons (Fsp3) is 0.167. The smallest absolute Gasteiger partial charge is 0.256 e. The molecular formula is C12H12BrN3O. The molecule has 1 aromatic carbocycles. The second-order valence-corrected chi connectivity index (χ2v) is 4.61. The Balaban J connectivity index is 2.20. The van der Waals surface area contributed by atoms with Crippen molar-refractivity contribution in [2.24, 2.45) is 7.05 Å². The van der Waals surface area contributed by atoms with Gasteiger partial charge in [-0.05, 0) is 24.6 Å². The van der Waals surface area contributed by atoms with E-state index in [-0.39, 0.29) is 5.91 Å². The average Bonchev–Trinajstić information content (AvgIpc) is 2.68. The number of hydrogen-bond acceptors (Lipinski definition) is 2. The van der Waals surface area contributed by atoms with E-state index in [0.717, 1.165) is 10.0 Å². The topological polar surface area (TPSA) is 46.9 Å². The van der Waals surface area contributed by atoms with E-state index in [4.69, 9.17) is 0 Å². The van der Waals surface area contributed by atoms with Crippen molar-refractivity contribution >= 4 is 27.7 Å². The molecule has 2 rings (SSSR count). The summed E-state index contributed by atoms with van der Waals surface area (Å²) in [4.78, 5) is 12.0. The second-order valence-electron chi connectivity index (χ2n) is 3.76. The number of aromatic nitrogens is 2. The number of nitrogens with one attached hydrogen (secondary N) is 1. The molecular weight excluding hydrogens is 282 g/mol. The van der Waals surface area contributed by atoms with Crippen molar-refractivity contribution in [2.75, 3.05) is 5.32 Å². The molecule has 1 amide bonds. The summed E-state index contributed by atoms with van der Waals surface area (Å²) in [6.07, 6.45) is 1.64. The van der Waals surface area contributed by atoms with E-state index in [2.05, 4.69) is 26.3 Å². The largest absolute Gasteiger partial charge is 0.307 e. The maximum Gasteiger partial charge on any atom is 0.256 e. The molecule has 0 fully saturated rings. The van der Waals surface area contributed by atoms with Gasteiger partial charge < -0.3 is 5.32 Å². The van der Waals surface area contributed by atoms with Gasteiger partial charge in [0, 0.05) is 23.2 Å². The highest BCUT2D eigenvalue weighted by molar-refractivity contribution is 9.10. The summed E-state index contributed by atoms with van der Waals surface area (Å²) in [7, 11) is 1.78. The molecule has 88 valence electrons. The number of carbonyl (C=O) groups excluding carboxylic acids is 1. The van der Waals surface area contributed by atoms with Crippen LogP contribution in [0.1, 0.15) is 15.9 Å². The number of anilines is 1. The molecule has 0 aliphatic carbocycles. The Kier molecular flexibility index (Phi) is 3.28. The van der Waals surface area contributed by atoms with E-state index in [1.807, 2.05) is 13.0 Å². The summed E-state index contributed by atoms with van der Waals surface area (Å²) in [6.45, 7) is 1.98. The van der Waals surface area contributed by atoms with Crippen molar-refractivity contribution in [3.8, 4) is 0 Å². The predicted octanol–water partition coefficient (Wildman–Crippen LogP) is 2.74. The number of rotatable bonds is 2. The van der Waals surface area contributed by atoms with Crippen molar-refractivity contribution < 1.29 is 4.79 Å². The summed E-state index contributed by atoms with van der Waals surface area (Å²) in [5.74, 6) is 0.529. The normalized spacial score (nSPS) is 10.3. The zero-order valence-electron chi connectivity index (χ0n) is 9.57. The molecule has 0 bridgehead atoms. The van der Waals surface area contributed by atoms with Gasteiger partial charge in [-0.1, -0.05) is 22.0 Å². The fourth-order valence-electron chi connectivity index (χ4n) is 1.42. The minimum Gasteiger partial charge on any atom is -0.307 e. The minimum absolute atomic E-state index is 0.144. The first-order valence-electron chi connectivity index (χ1n) is 5.13. The zero-order valence-corrected chi connectivity index (χ0v) is 11.2. The monoisotopic (exact) mass is 293 g/mol. The Bertz CT molecular complexity index is 563. The highest BCUT2D eigenvalue weighted by Crippen LogP contribution is 2.18. The van der Waals surface area contributed by atoms with E-state index in [1.165, 1.54) is 0 Å². The molecule has 0 aliphatic rings. The molecule has 0 saturated carbocycles. The Hall–Kier alpha value is -1.62. The summed E-state index contributed by atoms with van der Waals surface area (Å²) in [5.41, 5.74) is 1.71. The van der Waals surface area contributed by atoms with Crippen LogP contribution in [-0.2, 0) is 7.05 Å². The van der Waals surface area contributed by atoms with Crippen molar-refractivity contribution in [3.05, 3.63) is 46.1 Å². The van der Waals surface area contributed by atoms with Crippen molar-refractivity contribution in [1.29, 1.82) is 0 Å². The number of hydrogen-bond donors (Lipinski definition) is 1. The summed E-state index contributed by atoms with van der Waals surface area (Å²) >= 11 is 3.41. The van der Waals surface area contributed by atoms with Gasteiger partial charge >= 0.3 is 0 Å². The quantitative estimate of drug-likeness (QED) is 0.925. The van der Waals surface area contributed by atoms with Crippen molar-refractivity contribution in [1.82, 2.24) is 9.78 Å². The molecule has 0 radical (unpaired) electrons. The number of amides is 1. The van der Waals surface area contributed by atoms with E-state index in [9.17, 15) is 4.79 Å². The highest BCUT2D eigenvalue weighted by atomic mass is 79.9. The van der Waals surface area contributed by atoms with E-state index in [0.29, 0.717) is 11.4 Å². The summed E-state index contributed by atoms with van der Waals surface area (Å²) in [6, 6.07) is 7.26. The van der Waals surface area contributed by atoms with Crippen LogP contribution in [0.2, 0.25) is 0 Å². The van der Waals surface area contributed by atoms with Crippen LogP contribution < -0.4 is 5.32 Å². The van der Waals surface area contributed by atoms with E-state index >= 15 is 0 Å². The minimum atomic E-state index is -0.144. The molecule has 1 N–H and O–H groups in total. The molecule has 0 aliphatic heterocycles. The van der Waals surface area contributed by atoms with Crippen LogP contribution in [0.5, 0.6) is 0 Å². The van der Waals surface area contributed by atoms with E-state index < -0.39 is 0 Å². The average molecular weight is 294 g/mol. The van der Waals surface area contributed by atoms with Gasteiger partial charge in [0.25, 0.3) is 5.91 Å². The van der Waals surface area contributed by atoms with Crippen LogP contribution in [0.15, 0.2) is 34.9 Å². The Morgan fingerprint density at radius 1 is 1.41 bits per heavy atom. The summed E-state index contributed by atoms with van der Waals surface area (Å²) < 4.78 is 2.54. The lowest BCUT2D eigenvalue weighted by molar-refractivity contribution is 0.102. The lowest BCUT2D eigenvalue weighted by Crippen LogP contribution is -2.14. The molecule has 5 heteroatoms. The number of nitrogens with zero attached hydrogens (tertiary/aromatic N) is 2. The molecule has 4 nitrogen and oxygen atoms in total. The molecule has 1 aromatic heterocycles. The first-order chi connectivity index (χ1) is 8.08. The first kappa shape index (κ1) is 11.9. The van der Waals surface area contributed by atoms with Gasteiger partial charge in [-0.3, -0.25) is 9.48 Å².